The molecule has 1 N–H and O–H groups in total. The summed E-state index contributed by atoms with van der Waals surface area (Å²) in [6, 6.07) is 7.46. The Kier molecular flexibility index (Phi) is 2.98. The van der Waals surface area contributed by atoms with Gasteiger partial charge in [-0.05, 0) is 30.7 Å². The van der Waals surface area contributed by atoms with E-state index in [-0.39, 0.29) is 11.5 Å². The first-order chi connectivity index (χ1) is 9.61. The van der Waals surface area contributed by atoms with Crippen LogP contribution in [0.2, 0.25) is 0 Å². The Morgan fingerprint density at radius 2 is 2.05 bits per heavy atom. The maximum Gasteiger partial charge on any atom is 0.355 e. The van der Waals surface area contributed by atoms with Crippen LogP contribution in [0.25, 0.3) is 0 Å². The number of anilines is 1. The topological polar surface area (TPSA) is 64.4 Å². The molecule has 1 aromatic heterocycles. The number of halogens is 1. The van der Waals surface area contributed by atoms with Crippen molar-refractivity contribution in [2.24, 2.45) is 0 Å². The third-order valence-corrected chi connectivity index (χ3v) is 2.86. The zero-order chi connectivity index (χ0) is 14.1. The van der Waals surface area contributed by atoms with Gasteiger partial charge in [-0.2, -0.15) is 0 Å². The second-order valence-electron chi connectivity index (χ2n) is 4.41. The van der Waals surface area contributed by atoms with Gasteiger partial charge in [-0.25, -0.2) is 9.18 Å². The molecule has 6 heteroatoms. The average Bonchev–Trinajstić information content (AvgIpc) is 2.98. The van der Waals surface area contributed by atoms with E-state index < -0.39 is 12.1 Å². The van der Waals surface area contributed by atoms with Gasteiger partial charge >= 0.3 is 5.97 Å². The van der Waals surface area contributed by atoms with E-state index >= 15 is 0 Å². The second-order valence-corrected chi connectivity index (χ2v) is 4.41. The number of esters is 1. The number of benzene rings is 1. The molecule has 0 fully saturated rings. The molecule has 0 aliphatic carbocycles. The highest BCUT2D eigenvalue weighted by atomic mass is 19.1. The number of aromatic nitrogens is 1. The molecule has 3 rings (SSSR count). The summed E-state index contributed by atoms with van der Waals surface area (Å²) in [5.74, 6) is 0.249. The van der Waals surface area contributed by atoms with Crippen molar-refractivity contribution in [1.82, 2.24) is 5.16 Å². The Morgan fingerprint density at radius 3 is 2.70 bits per heavy atom. The van der Waals surface area contributed by atoms with Crippen molar-refractivity contribution in [3.63, 3.8) is 0 Å². The summed E-state index contributed by atoms with van der Waals surface area (Å²) >= 11 is 0. The summed E-state index contributed by atoms with van der Waals surface area (Å²) in [4.78, 5) is 11.8. The Labute approximate surface area is 114 Å². The lowest BCUT2D eigenvalue weighted by Crippen LogP contribution is -2.08. The van der Waals surface area contributed by atoms with Gasteiger partial charge in [-0.15, -0.1) is 0 Å². The van der Waals surface area contributed by atoms with Gasteiger partial charge in [-0.1, -0.05) is 17.3 Å². The largest absolute Gasteiger partial charge is 0.448 e. The number of nitrogens with one attached hydrogen (secondary N) is 1. The number of hydrogen-bond donors (Lipinski definition) is 1. The van der Waals surface area contributed by atoms with Crippen molar-refractivity contribution in [1.29, 1.82) is 0 Å². The lowest BCUT2D eigenvalue weighted by molar-refractivity contribution is -0.139. The molecule has 2 heterocycles. The Bertz CT molecular complexity index is 676. The van der Waals surface area contributed by atoms with Crippen LogP contribution in [-0.4, -0.2) is 11.1 Å². The molecule has 102 valence electrons. The average molecular weight is 274 g/mol. The molecule has 1 aromatic carbocycles. The van der Waals surface area contributed by atoms with Crippen LogP contribution in [0.4, 0.5) is 10.2 Å². The number of hydrogen-bond acceptors (Lipinski definition) is 5. The first kappa shape index (κ1) is 12.4. The third-order valence-electron chi connectivity index (χ3n) is 2.86. The summed E-state index contributed by atoms with van der Waals surface area (Å²) in [6.45, 7) is 1.75. The molecule has 0 radical (unpaired) electrons. The molecule has 1 aliphatic rings. The van der Waals surface area contributed by atoms with E-state index in [2.05, 4.69) is 10.5 Å². The van der Waals surface area contributed by atoms with Gasteiger partial charge in [-0.3, -0.25) is 0 Å². The minimum atomic E-state index is -0.529. The Hall–Kier alpha value is -2.63. The molecule has 20 heavy (non-hydrogen) atoms. The van der Waals surface area contributed by atoms with E-state index in [1.807, 2.05) is 0 Å². The molecule has 0 amide bonds. The van der Waals surface area contributed by atoms with Crippen molar-refractivity contribution in [2.75, 3.05) is 5.32 Å². The van der Waals surface area contributed by atoms with E-state index in [9.17, 15) is 9.18 Å². The summed E-state index contributed by atoms with van der Waals surface area (Å²) in [6.07, 6.45) is 1.10. The number of ether oxygens (including phenoxy) is 1. The fraction of sp³-hybridized carbons (Fsp3) is 0.143. The van der Waals surface area contributed by atoms with Crippen LogP contribution in [0.15, 0.2) is 46.6 Å². The molecule has 1 atom stereocenters. The summed E-state index contributed by atoms with van der Waals surface area (Å²) in [5.41, 5.74) is 0.987. The van der Waals surface area contributed by atoms with Gasteiger partial charge in [0.25, 0.3) is 0 Å². The number of rotatable bonds is 3. The van der Waals surface area contributed by atoms with E-state index in [0.717, 1.165) is 0 Å². The van der Waals surface area contributed by atoms with Crippen LogP contribution >= 0.6 is 0 Å². The number of cyclic esters (lactones) is 1. The van der Waals surface area contributed by atoms with Crippen molar-refractivity contribution in [3.05, 3.63) is 59.2 Å². The van der Waals surface area contributed by atoms with Crippen molar-refractivity contribution < 1.29 is 18.4 Å². The minimum Gasteiger partial charge on any atom is -0.448 e. The highest BCUT2D eigenvalue weighted by molar-refractivity contribution is 5.94. The predicted octanol–water partition coefficient (Wildman–Crippen LogP) is 2.72. The zero-order valence-corrected chi connectivity index (χ0v) is 10.6. The van der Waals surface area contributed by atoms with E-state index in [0.29, 0.717) is 17.1 Å². The molecule has 0 saturated carbocycles. The standard InChI is InChI=1S/C14H11FN2O3/c1-8-6-13(17-20-8)16-11-7-12(19-14(11)18)9-2-4-10(15)5-3-9/h2-7,12H,1H3,(H,16,17). The third kappa shape index (κ3) is 2.40. The highest BCUT2D eigenvalue weighted by Crippen LogP contribution is 2.28. The van der Waals surface area contributed by atoms with Crippen LogP contribution in [0, 0.1) is 12.7 Å². The molecular formula is C14H11FN2O3. The fourth-order valence-corrected chi connectivity index (χ4v) is 1.90. The summed E-state index contributed by atoms with van der Waals surface area (Å²) < 4.78 is 23.0. The first-order valence-corrected chi connectivity index (χ1v) is 6.00. The second kappa shape index (κ2) is 4.80. The monoisotopic (exact) mass is 274 g/mol. The first-order valence-electron chi connectivity index (χ1n) is 6.00. The van der Waals surface area contributed by atoms with Crippen LogP contribution in [-0.2, 0) is 9.53 Å². The van der Waals surface area contributed by atoms with E-state index in [1.54, 1.807) is 31.2 Å². The van der Waals surface area contributed by atoms with Gasteiger partial charge in [0.2, 0.25) is 0 Å². The number of nitrogens with zero attached hydrogens (tertiary/aromatic N) is 1. The predicted molar refractivity (Wildman–Crippen MR) is 68.2 cm³/mol. The van der Waals surface area contributed by atoms with Crippen LogP contribution in [0.1, 0.15) is 17.4 Å². The fourth-order valence-electron chi connectivity index (χ4n) is 1.90. The highest BCUT2D eigenvalue weighted by Gasteiger charge is 2.27. The molecule has 1 unspecified atom stereocenters. The Balaban J connectivity index is 1.79. The SMILES string of the molecule is Cc1cc(NC2=CC(c3ccc(F)cc3)OC2=O)no1. The maximum absolute atomic E-state index is 12.9. The van der Waals surface area contributed by atoms with Crippen LogP contribution in [0.5, 0.6) is 0 Å². The lowest BCUT2D eigenvalue weighted by atomic mass is 10.1. The number of aryl methyl sites for hydroxylation is 1. The molecule has 5 nitrogen and oxygen atoms in total. The molecule has 0 bridgehead atoms. The van der Waals surface area contributed by atoms with Gasteiger partial charge in [0.15, 0.2) is 5.82 Å². The summed E-state index contributed by atoms with van der Waals surface area (Å²) in [7, 11) is 0. The van der Waals surface area contributed by atoms with Gasteiger partial charge in [0.1, 0.15) is 23.4 Å². The van der Waals surface area contributed by atoms with E-state index in [4.69, 9.17) is 9.26 Å². The van der Waals surface area contributed by atoms with Crippen molar-refractivity contribution in [2.45, 2.75) is 13.0 Å². The maximum atomic E-state index is 12.9. The normalized spacial score (nSPS) is 17.8. The number of carbonyl (C=O) groups excluding carboxylic acids is 1. The smallest absolute Gasteiger partial charge is 0.355 e. The quantitative estimate of drug-likeness (QED) is 0.872. The molecule has 1 aliphatic heterocycles. The lowest BCUT2D eigenvalue weighted by Gasteiger charge is -2.07. The summed E-state index contributed by atoms with van der Waals surface area (Å²) in [5, 5.41) is 6.57. The van der Waals surface area contributed by atoms with Crippen molar-refractivity contribution >= 4 is 11.8 Å². The van der Waals surface area contributed by atoms with E-state index in [1.165, 1.54) is 12.1 Å². The molecule has 0 saturated heterocycles. The molecular weight excluding hydrogens is 263 g/mol. The van der Waals surface area contributed by atoms with Gasteiger partial charge in [0, 0.05) is 6.07 Å². The van der Waals surface area contributed by atoms with Crippen LogP contribution < -0.4 is 5.32 Å². The minimum absolute atomic E-state index is 0.285. The molecule has 0 spiro atoms. The number of carbonyl (C=O) groups is 1. The van der Waals surface area contributed by atoms with Crippen molar-refractivity contribution in [3.8, 4) is 0 Å². The van der Waals surface area contributed by atoms with Gasteiger partial charge in [0.05, 0.1) is 0 Å². The zero-order valence-electron chi connectivity index (χ0n) is 10.6. The van der Waals surface area contributed by atoms with Crippen LogP contribution in [0.3, 0.4) is 0 Å². The van der Waals surface area contributed by atoms with Gasteiger partial charge < -0.3 is 14.6 Å². The Morgan fingerprint density at radius 1 is 1.30 bits per heavy atom. The molecule has 2 aromatic rings.